The third-order valence-electron chi connectivity index (χ3n) is 3.47. The predicted octanol–water partition coefficient (Wildman–Crippen LogP) is 4.47. The Morgan fingerprint density at radius 1 is 0.773 bits per heavy atom. The summed E-state index contributed by atoms with van der Waals surface area (Å²) in [5, 5.41) is 0. The highest BCUT2D eigenvalue weighted by Crippen LogP contribution is 2.24. The fourth-order valence-electron chi connectivity index (χ4n) is 2.49. The quantitative estimate of drug-likeness (QED) is 0.706. The van der Waals surface area contributed by atoms with Gasteiger partial charge >= 0.3 is 0 Å². The molecular formula is C19H24O3. The van der Waals surface area contributed by atoms with Crippen molar-refractivity contribution in [2.24, 2.45) is 0 Å². The predicted molar refractivity (Wildman–Crippen MR) is 89.3 cm³/mol. The summed E-state index contributed by atoms with van der Waals surface area (Å²) in [7, 11) is 1.66. The fraction of sp³-hybridized carbons (Fsp3) is 0.368. The summed E-state index contributed by atoms with van der Waals surface area (Å²) in [5.41, 5.74) is 3.65. The first-order valence-corrected chi connectivity index (χ1v) is 7.57. The summed E-state index contributed by atoms with van der Waals surface area (Å²) in [4.78, 5) is 0. The lowest BCUT2D eigenvalue weighted by Crippen LogP contribution is -2.06. The van der Waals surface area contributed by atoms with Crippen LogP contribution in [-0.4, -0.2) is 20.3 Å². The van der Waals surface area contributed by atoms with E-state index in [1.54, 1.807) is 7.11 Å². The summed E-state index contributed by atoms with van der Waals surface area (Å²) in [6, 6.07) is 11.9. The van der Waals surface area contributed by atoms with Gasteiger partial charge in [-0.3, -0.25) is 0 Å². The Bertz CT molecular complexity index is 580. The molecule has 0 amide bonds. The highest BCUT2D eigenvalue weighted by atomic mass is 16.5. The van der Waals surface area contributed by atoms with Gasteiger partial charge in [0.1, 0.15) is 17.2 Å². The maximum Gasteiger partial charge on any atom is 0.125 e. The zero-order chi connectivity index (χ0) is 15.9. The van der Waals surface area contributed by atoms with E-state index < -0.39 is 0 Å². The molecule has 3 nitrogen and oxygen atoms in total. The highest BCUT2D eigenvalue weighted by molar-refractivity contribution is 5.42. The standard InChI is InChI=1S/C19H24O3/c1-14-12-15(2)19(16(3)13-14)22-11-5-10-21-18-8-6-17(20-4)7-9-18/h6-9,12-13H,5,10-11H2,1-4H3. The summed E-state index contributed by atoms with van der Waals surface area (Å²) in [5.74, 6) is 2.68. The molecule has 118 valence electrons. The van der Waals surface area contributed by atoms with Crippen molar-refractivity contribution in [1.29, 1.82) is 0 Å². The first-order valence-electron chi connectivity index (χ1n) is 7.57. The molecule has 2 aromatic rings. The lowest BCUT2D eigenvalue weighted by molar-refractivity contribution is 0.245. The Morgan fingerprint density at radius 2 is 1.32 bits per heavy atom. The molecule has 0 saturated carbocycles. The zero-order valence-corrected chi connectivity index (χ0v) is 13.8. The lowest BCUT2D eigenvalue weighted by Gasteiger charge is -2.13. The topological polar surface area (TPSA) is 27.7 Å². The van der Waals surface area contributed by atoms with E-state index in [1.807, 2.05) is 24.3 Å². The second kappa shape index (κ2) is 7.74. The van der Waals surface area contributed by atoms with Gasteiger partial charge in [-0.25, -0.2) is 0 Å². The van der Waals surface area contributed by atoms with Gasteiger partial charge in [-0.2, -0.15) is 0 Å². The minimum Gasteiger partial charge on any atom is -0.497 e. The number of hydrogen-bond acceptors (Lipinski definition) is 3. The van der Waals surface area contributed by atoms with E-state index in [1.165, 1.54) is 16.7 Å². The molecule has 3 heteroatoms. The Labute approximate surface area is 132 Å². The molecule has 0 aromatic heterocycles. The monoisotopic (exact) mass is 300 g/mol. The van der Waals surface area contributed by atoms with Crippen molar-refractivity contribution < 1.29 is 14.2 Å². The van der Waals surface area contributed by atoms with Gasteiger partial charge in [0.2, 0.25) is 0 Å². The summed E-state index contributed by atoms with van der Waals surface area (Å²) < 4.78 is 16.7. The molecule has 0 aliphatic carbocycles. The molecular weight excluding hydrogens is 276 g/mol. The van der Waals surface area contributed by atoms with Crippen LogP contribution in [0.4, 0.5) is 0 Å². The molecule has 2 rings (SSSR count). The van der Waals surface area contributed by atoms with E-state index in [0.29, 0.717) is 13.2 Å². The minimum atomic E-state index is 0.635. The molecule has 0 N–H and O–H groups in total. The number of ether oxygens (including phenoxy) is 3. The van der Waals surface area contributed by atoms with Crippen molar-refractivity contribution >= 4 is 0 Å². The molecule has 0 spiro atoms. The van der Waals surface area contributed by atoms with Crippen LogP contribution in [0.15, 0.2) is 36.4 Å². The minimum absolute atomic E-state index is 0.635. The van der Waals surface area contributed by atoms with Gasteiger partial charge in [0.15, 0.2) is 0 Å². The molecule has 0 unspecified atom stereocenters. The second-order valence-electron chi connectivity index (χ2n) is 5.45. The van der Waals surface area contributed by atoms with E-state index in [9.17, 15) is 0 Å². The Hall–Kier alpha value is -2.16. The first-order chi connectivity index (χ1) is 10.6. The smallest absolute Gasteiger partial charge is 0.125 e. The normalized spacial score (nSPS) is 10.4. The largest absolute Gasteiger partial charge is 0.497 e. The maximum absolute atomic E-state index is 5.90. The summed E-state index contributed by atoms with van der Waals surface area (Å²) in [6.45, 7) is 7.57. The molecule has 0 bridgehead atoms. The molecule has 0 aliphatic rings. The number of aryl methyl sites for hydroxylation is 3. The zero-order valence-electron chi connectivity index (χ0n) is 13.8. The summed E-state index contributed by atoms with van der Waals surface area (Å²) in [6.07, 6.45) is 0.846. The van der Waals surface area contributed by atoms with Crippen molar-refractivity contribution in [3.05, 3.63) is 53.1 Å². The van der Waals surface area contributed by atoms with E-state index in [-0.39, 0.29) is 0 Å². The second-order valence-corrected chi connectivity index (χ2v) is 5.45. The van der Waals surface area contributed by atoms with Crippen LogP contribution >= 0.6 is 0 Å². The Kier molecular flexibility index (Phi) is 5.70. The molecule has 0 heterocycles. The van der Waals surface area contributed by atoms with Crippen molar-refractivity contribution in [3.8, 4) is 17.2 Å². The van der Waals surface area contributed by atoms with Crippen LogP contribution < -0.4 is 14.2 Å². The molecule has 0 atom stereocenters. The SMILES string of the molecule is COc1ccc(OCCCOc2c(C)cc(C)cc2C)cc1. The van der Waals surface area contributed by atoms with Crippen LogP contribution in [0.2, 0.25) is 0 Å². The van der Waals surface area contributed by atoms with E-state index >= 15 is 0 Å². The van der Waals surface area contributed by atoms with Gasteiger partial charge in [-0.05, 0) is 56.2 Å². The van der Waals surface area contributed by atoms with E-state index in [4.69, 9.17) is 14.2 Å². The fourth-order valence-corrected chi connectivity index (χ4v) is 2.49. The molecule has 2 aromatic carbocycles. The average Bonchev–Trinajstić information content (AvgIpc) is 2.49. The van der Waals surface area contributed by atoms with Crippen LogP contribution in [0.5, 0.6) is 17.2 Å². The van der Waals surface area contributed by atoms with E-state index in [2.05, 4.69) is 32.9 Å². The third kappa shape index (κ3) is 4.42. The van der Waals surface area contributed by atoms with Gasteiger partial charge in [0.05, 0.1) is 20.3 Å². The molecule has 0 aliphatic heterocycles. The first kappa shape index (κ1) is 16.2. The van der Waals surface area contributed by atoms with Gasteiger partial charge in [0, 0.05) is 6.42 Å². The van der Waals surface area contributed by atoms with Gasteiger partial charge in [0.25, 0.3) is 0 Å². The van der Waals surface area contributed by atoms with Gasteiger partial charge in [-0.1, -0.05) is 17.7 Å². The molecule has 22 heavy (non-hydrogen) atoms. The Morgan fingerprint density at radius 3 is 1.91 bits per heavy atom. The maximum atomic E-state index is 5.90. The van der Waals surface area contributed by atoms with Crippen molar-refractivity contribution in [1.82, 2.24) is 0 Å². The van der Waals surface area contributed by atoms with Crippen molar-refractivity contribution in [2.45, 2.75) is 27.2 Å². The van der Waals surface area contributed by atoms with Crippen LogP contribution in [0.3, 0.4) is 0 Å². The van der Waals surface area contributed by atoms with Crippen LogP contribution in [-0.2, 0) is 0 Å². The molecule has 0 fully saturated rings. The van der Waals surface area contributed by atoms with Crippen LogP contribution in [0.25, 0.3) is 0 Å². The van der Waals surface area contributed by atoms with Crippen LogP contribution in [0.1, 0.15) is 23.1 Å². The molecule has 0 saturated heterocycles. The number of hydrogen-bond donors (Lipinski definition) is 0. The van der Waals surface area contributed by atoms with Crippen molar-refractivity contribution in [2.75, 3.05) is 20.3 Å². The average molecular weight is 300 g/mol. The molecule has 0 radical (unpaired) electrons. The number of methoxy groups -OCH3 is 1. The number of rotatable bonds is 7. The van der Waals surface area contributed by atoms with Gasteiger partial charge in [-0.15, -0.1) is 0 Å². The third-order valence-corrected chi connectivity index (χ3v) is 3.47. The van der Waals surface area contributed by atoms with Crippen LogP contribution in [0, 0.1) is 20.8 Å². The highest BCUT2D eigenvalue weighted by Gasteiger charge is 2.04. The number of benzene rings is 2. The summed E-state index contributed by atoms with van der Waals surface area (Å²) >= 11 is 0. The lowest BCUT2D eigenvalue weighted by atomic mass is 10.1. The van der Waals surface area contributed by atoms with E-state index in [0.717, 1.165) is 23.7 Å². The van der Waals surface area contributed by atoms with Crippen molar-refractivity contribution in [3.63, 3.8) is 0 Å². The Balaban J connectivity index is 1.75. The van der Waals surface area contributed by atoms with Gasteiger partial charge < -0.3 is 14.2 Å².